The first-order valence-electron chi connectivity index (χ1n) is 10.2. The van der Waals surface area contributed by atoms with Gasteiger partial charge in [-0.3, -0.25) is 24.5 Å². The van der Waals surface area contributed by atoms with E-state index in [9.17, 15) is 24.5 Å². The minimum absolute atomic E-state index is 0.00832. The Kier molecular flexibility index (Phi) is 6.88. The summed E-state index contributed by atoms with van der Waals surface area (Å²) in [6.45, 7) is 3.02. The third-order valence-electron chi connectivity index (χ3n) is 5.54. The molecule has 0 saturated carbocycles. The van der Waals surface area contributed by atoms with Crippen LogP contribution in [0.3, 0.4) is 0 Å². The molecule has 0 bridgehead atoms. The van der Waals surface area contributed by atoms with Crippen molar-refractivity contribution in [1.29, 1.82) is 0 Å². The number of amides is 2. The van der Waals surface area contributed by atoms with E-state index < -0.39 is 4.92 Å². The highest BCUT2D eigenvalue weighted by atomic mass is 16.6. The Bertz CT molecular complexity index is 993. The Hall–Kier alpha value is -3.43. The molecule has 0 aliphatic carbocycles. The van der Waals surface area contributed by atoms with Gasteiger partial charge in [0.15, 0.2) is 0 Å². The van der Waals surface area contributed by atoms with Crippen LogP contribution in [0.25, 0.3) is 10.9 Å². The van der Waals surface area contributed by atoms with Gasteiger partial charge in [-0.05, 0) is 31.9 Å². The summed E-state index contributed by atoms with van der Waals surface area (Å²) in [7, 11) is 1.57. The lowest BCUT2D eigenvalue weighted by molar-refractivity contribution is -0.384. The Balaban J connectivity index is 1.54. The average molecular weight is 430 g/mol. The van der Waals surface area contributed by atoms with Gasteiger partial charge in [-0.25, -0.2) is 0 Å². The molecule has 10 nitrogen and oxygen atoms in total. The molecule has 31 heavy (non-hydrogen) atoms. The number of carbonyl (C=O) groups excluding carboxylic acids is 3. The van der Waals surface area contributed by atoms with E-state index >= 15 is 0 Å². The number of fused-ring (bicyclic) bond motifs is 1. The average Bonchev–Trinajstić information content (AvgIpc) is 3.15. The van der Waals surface area contributed by atoms with E-state index in [0.717, 1.165) is 0 Å². The minimum atomic E-state index is -0.461. The molecule has 1 aromatic heterocycles. The smallest absolute Gasteiger partial charge is 0.309 e. The van der Waals surface area contributed by atoms with E-state index in [4.69, 9.17) is 4.74 Å². The largest absolute Gasteiger partial charge is 0.466 e. The van der Waals surface area contributed by atoms with Gasteiger partial charge < -0.3 is 19.1 Å². The first-order chi connectivity index (χ1) is 14.8. The zero-order valence-corrected chi connectivity index (χ0v) is 17.7. The number of likely N-dealkylation sites (tertiary alicyclic amines) is 1. The van der Waals surface area contributed by atoms with Gasteiger partial charge in [0.1, 0.15) is 6.54 Å². The zero-order chi connectivity index (χ0) is 22.5. The second-order valence-corrected chi connectivity index (χ2v) is 7.60. The van der Waals surface area contributed by atoms with Crippen molar-refractivity contribution in [2.24, 2.45) is 5.92 Å². The first kappa shape index (κ1) is 22.3. The van der Waals surface area contributed by atoms with E-state index in [-0.39, 0.29) is 42.5 Å². The standard InChI is InChI=1S/C21H26N4O6/c1-3-31-21(28)15-6-9-23(10-7-15)20(27)13-22(2)19(26)14-24-11-8-16-12-17(25(29)30)4-5-18(16)24/h4-5,8,11-12,15H,3,6-7,9-10,13-14H2,1-2H3. The maximum absolute atomic E-state index is 12.6. The van der Waals surface area contributed by atoms with Crippen LogP contribution < -0.4 is 0 Å². The topological polar surface area (TPSA) is 115 Å². The van der Waals surface area contributed by atoms with E-state index in [0.29, 0.717) is 43.4 Å². The lowest BCUT2D eigenvalue weighted by atomic mass is 9.97. The van der Waals surface area contributed by atoms with Gasteiger partial charge in [0.2, 0.25) is 11.8 Å². The number of ether oxygens (including phenoxy) is 1. The predicted octanol–water partition coefficient (Wildman–Crippen LogP) is 1.81. The van der Waals surface area contributed by atoms with Crippen LogP contribution in [0.15, 0.2) is 30.5 Å². The van der Waals surface area contributed by atoms with Gasteiger partial charge in [-0.2, -0.15) is 0 Å². The lowest BCUT2D eigenvalue weighted by Gasteiger charge is -2.32. The molecule has 1 saturated heterocycles. The van der Waals surface area contributed by atoms with Crippen molar-refractivity contribution in [1.82, 2.24) is 14.4 Å². The van der Waals surface area contributed by atoms with Gasteiger partial charge >= 0.3 is 5.97 Å². The summed E-state index contributed by atoms with van der Waals surface area (Å²) in [5, 5.41) is 11.6. The van der Waals surface area contributed by atoms with Gasteiger partial charge in [0.05, 0.1) is 24.0 Å². The summed E-state index contributed by atoms with van der Waals surface area (Å²) >= 11 is 0. The quantitative estimate of drug-likeness (QED) is 0.376. The van der Waals surface area contributed by atoms with Crippen LogP contribution in [-0.4, -0.2) is 70.4 Å². The number of carbonyl (C=O) groups is 3. The molecule has 1 fully saturated rings. The molecule has 2 heterocycles. The fourth-order valence-electron chi connectivity index (χ4n) is 3.72. The number of nitro groups is 1. The highest BCUT2D eigenvalue weighted by molar-refractivity contribution is 5.87. The van der Waals surface area contributed by atoms with Gasteiger partial charge in [-0.15, -0.1) is 0 Å². The highest BCUT2D eigenvalue weighted by Crippen LogP contribution is 2.22. The Labute approximate surface area is 179 Å². The predicted molar refractivity (Wildman–Crippen MR) is 112 cm³/mol. The van der Waals surface area contributed by atoms with Crippen molar-refractivity contribution in [3.05, 3.63) is 40.6 Å². The van der Waals surface area contributed by atoms with Gasteiger partial charge in [0, 0.05) is 49.4 Å². The van der Waals surface area contributed by atoms with Crippen LogP contribution in [0.2, 0.25) is 0 Å². The summed E-state index contributed by atoms with van der Waals surface area (Å²) in [4.78, 5) is 50.5. The number of non-ortho nitro benzene ring substituents is 1. The number of nitrogens with zero attached hydrogens (tertiary/aromatic N) is 4. The van der Waals surface area contributed by atoms with Crippen molar-refractivity contribution < 1.29 is 24.0 Å². The number of rotatable bonds is 7. The Morgan fingerprint density at radius 2 is 1.94 bits per heavy atom. The van der Waals surface area contributed by atoms with Crippen LogP contribution in [0.1, 0.15) is 19.8 Å². The lowest BCUT2D eigenvalue weighted by Crippen LogP contribution is -2.46. The zero-order valence-electron chi connectivity index (χ0n) is 17.7. The van der Waals surface area contributed by atoms with Crippen molar-refractivity contribution in [3.8, 4) is 0 Å². The van der Waals surface area contributed by atoms with Crippen molar-refractivity contribution in [2.75, 3.05) is 33.3 Å². The Morgan fingerprint density at radius 3 is 2.58 bits per heavy atom. The molecule has 3 rings (SSSR count). The van der Waals surface area contributed by atoms with Crippen molar-refractivity contribution in [3.63, 3.8) is 0 Å². The van der Waals surface area contributed by atoms with E-state index in [1.165, 1.54) is 17.0 Å². The van der Waals surface area contributed by atoms with E-state index in [1.807, 2.05) is 0 Å². The third kappa shape index (κ3) is 5.19. The van der Waals surface area contributed by atoms with Crippen LogP contribution in [-0.2, 0) is 25.7 Å². The molecule has 0 N–H and O–H groups in total. The van der Waals surface area contributed by atoms with Gasteiger partial charge in [0.25, 0.3) is 5.69 Å². The number of aromatic nitrogens is 1. The highest BCUT2D eigenvalue weighted by Gasteiger charge is 2.29. The van der Waals surface area contributed by atoms with Crippen LogP contribution in [0, 0.1) is 16.0 Å². The number of likely N-dealkylation sites (N-methyl/N-ethyl adjacent to an activating group) is 1. The maximum Gasteiger partial charge on any atom is 0.309 e. The molecule has 0 spiro atoms. The summed E-state index contributed by atoms with van der Waals surface area (Å²) in [5.74, 6) is -0.802. The fourth-order valence-corrected chi connectivity index (χ4v) is 3.72. The second-order valence-electron chi connectivity index (χ2n) is 7.60. The number of hydrogen-bond donors (Lipinski definition) is 0. The molecule has 10 heteroatoms. The molecular weight excluding hydrogens is 404 g/mol. The monoisotopic (exact) mass is 430 g/mol. The number of benzene rings is 1. The van der Waals surface area contributed by atoms with Crippen molar-refractivity contribution in [2.45, 2.75) is 26.3 Å². The number of nitro benzene ring substituents is 1. The third-order valence-corrected chi connectivity index (χ3v) is 5.54. The molecule has 2 aromatic rings. The fraction of sp³-hybridized carbons (Fsp3) is 0.476. The van der Waals surface area contributed by atoms with E-state index in [2.05, 4.69) is 0 Å². The van der Waals surface area contributed by atoms with Crippen LogP contribution in [0.4, 0.5) is 5.69 Å². The summed E-state index contributed by atoms with van der Waals surface area (Å²) in [6.07, 6.45) is 2.82. The number of hydrogen-bond acceptors (Lipinski definition) is 6. The molecule has 0 unspecified atom stereocenters. The minimum Gasteiger partial charge on any atom is -0.466 e. The summed E-state index contributed by atoms with van der Waals surface area (Å²) in [5.41, 5.74) is 0.700. The molecular formula is C21H26N4O6. The number of esters is 1. The van der Waals surface area contributed by atoms with E-state index in [1.54, 1.807) is 41.8 Å². The van der Waals surface area contributed by atoms with Gasteiger partial charge in [-0.1, -0.05) is 0 Å². The molecule has 0 atom stereocenters. The van der Waals surface area contributed by atoms with Crippen LogP contribution in [0.5, 0.6) is 0 Å². The number of piperidine rings is 1. The summed E-state index contributed by atoms with van der Waals surface area (Å²) in [6, 6.07) is 6.19. The molecule has 166 valence electrons. The molecule has 1 aliphatic heterocycles. The van der Waals surface area contributed by atoms with Crippen molar-refractivity contribution >= 4 is 34.4 Å². The normalized spacial score (nSPS) is 14.5. The van der Waals surface area contributed by atoms with Crippen LogP contribution >= 0.6 is 0 Å². The first-order valence-corrected chi connectivity index (χ1v) is 10.2. The summed E-state index contributed by atoms with van der Waals surface area (Å²) < 4.78 is 6.74. The SMILES string of the molecule is CCOC(=O)C1CCN(C(=O)CN(C)C(=O)Cn2ccc3cc([N+](=O)[O-])ccc32)CC1. The molecule has 2 amide bonds. The molecule has 1 aromatic carbocycles. The molecule has 0 radical (unpaired) electrons. The Morgan fingerprint density at radius 1 is 1.23 bits per heavy atom. The molecule has 1 aliphatic rings. The maximum atomic E-state index is 12.6. The second kappa shape index (κ2) is 9.59.